The predicted molar refractivity (Wildman–Crippen MR) is 156 cm³/mol. The van der Waals surface area contributed by atoms with Crippen molar-refractivity contribution in [3.05, 3.63) is 111 Å². The summed E-state index contributed by atoms with van der Waals surface area (Å²) in [6.45, 7) is 2.83. The lowest BCUT2D eigenvalue weighted by molar-refractivity contribution is 0.309. The number of hydrogen-bond donors (Lipinski definition) is 0. The molecule has 0 aliphatic heterocycles. The SMILES string of the molecule is CCCCOc1ccc(-c2nn(-c3ccccc3)cc2/C=c2\sc3nc(-c4ccc(Cl)cc4)nn3c2=O)cc1. The van der Waals surface area contributed by atoms with Crippen molar-refractivity contribution in [1.29, 1.82) is 0 Å². The number of ether oxygens (including phenoxy) is 1. The molecule has 3 heterocycles. The third-order valence-corrected chi connectivity index (χ3v) is 7.44. The molecular weight excluding hydrogens is 530 g/mol. The molecule has 6 rings (SSSR count). The Morgan fingerprint density at radius 1 is 0.949 bits per heavy atom. The molecular formula is C30H24ClN5O2S. The van der Waals surface area contributed by atoms with E-state index in [1.54, 1.807) is 12.1 Å². The van der Waals surface area contributed by atoms with Crippen LogP contribution in [0.25, 0.3) is 39.4 Å². The number of fused-ring (bicyclic) bond motifs is 1. The van der Waals surface area contributed by atoms with Crippen LogP contribution in [0.5, 0.6) is 5.75 Å². The van der Waals surface area contributed by atoms with Crippen LogP contribution in [0.15, 0.2) is 89.9 Å². The highest BCUT2D eigenvalue weighted by atomic mass is 35.5. The minimum Gasteiger partial charge on any atom is -0.494 e. The topological polar surface area (TPSA) is 74.3 Å². The molecule has 3 aromatic heterocycles. The zero-order valence-corrected chi connectivity index (χ0v) is 22.7. The Hall–Kier alpha value is -4.27. The van der Waals surface area contributed by atoms with Gasteiger partial charge in [-0.15, -0.1) is 5.10 Å². The van der Waals surface area contributed by atoms with Crippen LogP contribution in [0.2, 0.25) is 5.02 Å². The summed E-state index contributed by atoms with van der Waals surface area (Å²) in [5.74, 6) is 1.31. The molecule has 0 unspecified atom stereocenters. The van der Waals surface area contributed by atoms with Crippen molar-refractivity contribution in [2.45, 2.75) is 19.8 Å². The lowest BCUT2D eigenvalue weighted by Crippen LogP contribution is -2.23. The van der Waals surface area contributed by atoms with Gasteiger partial charge in [0.1, 0.15) is 11.4 Å². The maximum Gasteiger partial charge on any atom is 0.291 e. The molecule has 0 atom stereocenters. The maximum atomic E-state index is 13.3. The fraction of sp³-hybridized carbons (Fsp3) is 0.133. The molecule has 0 saturated heterocycles. The molecule has 3 aromatic carbocycles. The van der Waals surface area contributed by atoms with Gasteiger partial charge in [0.2, 0.25) is 4.96 Å². The second-order valence-corrected chi connectivity index (χ2v) is 10.4. The van der Waals surface area contributed by atoms with Crippen LogP contribution in [0.4, 0.5) is 0 Å². The van der Waals surface area contributed by atoms with Crippen molar-refractivity contribution in [1.82, 2.24) is 24.4 Å². The fourth-order valence-corrected chi connectivity index (χ4v) is 5.19. The molecule has 0 fully saturated rings. The Kier molecular flexibility index (Phi) is 6.96. The first-order valence-electron chi connectivity index (χ1n) is 12.6. The van der Waals surface area contributed by atoms with Gasteiger partial charge in [0.15, 0.2) is 5.82 Å². The molecule has 0 amide bonds. The number of aromatic nitrogens is 5. The lowest BCUT2D eigenvalue weighted by atomic mass is 10.1. The van der Waals surface area contributed by atoms with Crippen LogP contribution in [-0.2, 0) is 0 Å². The molecule has 39 heavy (non-hydrogen) atoms. The number of unbranched alkanes of at least 4 members (excludes halogenated alkanes) is 1. The molecule has 0 spiro atoms. The van der Waals surface area contributed by atoms with Gasteiger partial charge in [0.25, 0.3) is 5.56 Å². The molecule has 0 aliphatic carbocycles. The minimum absolute atomic E-state index is 0.221. The molecule has 0 radical (unpaired) electrons. The Labute approximate surface area is 233 Å². The number of benzene rings is 3. The number of nitrogens with zero attached hydrogens (tertiary/aromatic N) is 5. The summed E-state index contributed by atoms with van der Waals surface area (Å²) in [7, 11) is 0. The zero-order valence-electron chi connectivity index (χ0n) is 21.1. The van der Waals surface area contributed by atoms with Gasteiger partial charge in [0.05, 0.1) is 16.8 Å². The zero-order chi connectivity index (χ0) is 26.8. The highest BCUT2D eigenvalue weighted by Gasteiger charge is 2.15. The highest BCUT2D eigenvalue weighted by Crippen LogP contribution is 2.27. The average Bonchev–Trinajstić information content (AvgIpc) is 3.65. The third-order valence-electron chi connectivity index (χ3n) is 6.23. The summed E-state index contributed by atoms with van der Waals surface area (Å²) < 4.78 is 9.54. The predicted octanol–water partition coefficient (Wildman–Crippen LogP) is 6.05. The standard InChI is InChI=1S/C30H24ClN5O2S/c1-2-3-17-38-25-15-11-20(12-16-25)27-22(19-35(33-27)24-7-5-4-6-8-24)18-26-29(37)36-30(39-26)32-28(34-36)21-9-13-23(31)14-10-21/h4-16,18-19H,2-3,17H2,1H3/b26-18-. The van der Waals surface area contributed by atoms with Gasteiger partial charge in [-0.1, -0.05) is 54.5 Å². The van der Waals surface area contributed by atoms with Gasteiger partial charge in [-0.2, -0.15) is 14.6 Å². The van der Waals surface area contributed by atoms with Gasteiger partial charge < -0.3 is 4.74 Å². The number of para-hydroxylation sites is 1. The number of hydrogen-bond acceptors (Lipinski definition) is 6. The normalized spacial score (nSPS) is 11.9. The first kappa shape index (κ1) is 25.0. The van der Waals surface area contributed by atoms with Crippen molar-refractivity contribution in [2.75, 3.05) is 6.61 Å². The van der Waals surface area contributed by atoms with E-state index in [2.05, 4.69) is 17.0 Å². The van der Waals surface area contributed by atoms with E-state index in [0.29, 0.717) is 26.9 Å². The van der Waals surface area contributed by atoms with E-state index >= 15 is 0 Å². The molecule has 0 saturated carbocycles. The van der Waals surface area contributed by atoms with Crippen LogP contribution in [-0.4, -0.2) is 31.0 Å². The first-order chi connectivity index (χ1) is 19.1. The van der Waals surface area contributed by atoms with Gasteiger partial charge in [-0.05, 0) is 73.2 Å². The van der Waals surface area contributed by atoms with Crippen molar-refractivity contribution < 1.29 is 4.74 Å². The Bertz CT molecular complexity index is 1840. The van der Waals surface area contributed by atoms with Crippen molar-refractivity contribution in [2.24, 2.45) is 0 Å². The summed E-state index contributed by atoms with van der Waals surface area (Å²) in [5, 5.41) is 9.97. The maximum absolute atomic E-state index is 13.3. The van der Waals surface area contributed by atoms with Crippen LogP contribution in [0.1, 0.15) is 25.3 Å². The van der Waals surface area contributed by atoms with E-state index in [1.807, 2.05) is 83.7 Å². The Morgan fingerprint density at radius 2 is 1.69 bits per heavy atom. The van der Waals surface area contributed by atoms with E-state index in [9.17, 15) is 4.79 Å². The number of thiazole rings is 1. The number of rotatable bonds is 8. The quantitative estimate of drug-likeness (QED) is 0.214. The summed E-state index contributed by atoms with van der Waals surface area (Å²) >= 11 is 7.30. The summed E-state index contributed by atoms with van der Waals surface area (Å²) in [6, 6.07) is 25.0. The van der Waals surface area contributed by atoms with Crippen LogP contribution >= 0.6 is 22.9 Å². The summed E-state index contributed by atoms with van der Waals surface area (Å²) in [4.78, 5) is 18.4. The van der Waals surface area contributed by atoms with Gasteiger partial charge in [-0.3, -0.25) is 4.79 Å². The number of halogens is 1. The summed E-state index contributed by atoms with van der Waals surface area (Å²) in [5.41, 5.74) is 4.01. The average molecular weight is 554 g/mol. The van der Waals surface area contributed by atoms with E-state index in [-0.39, 0.29) is 5.56 Å². The van der Waals surface area contributed by atoms with Crippen LogP contribution in [0, 0.1) is 0 Å². The Morgan fingerprint density at radius 3 is 2.41 bits per heavy atom. The molecule has 0 aliphatic rings. The molecule has 7 nitrogen and oxygen atoms in total. The lowest BCUT2D eigenvalue weighted by Gasteiger charge is -2.06. The van der Waals surface area contributed by atoms with Gasteiger partial charge >= 0.3 is 0 Å². The molecule has 194 valence electrons. The van der Waals surface area contributed by atoms with E-state index in [1.165, 1.54) is 15.9 Å². The summed E-state index contributed by atoms with van der Waals surface area (Å²) in [6.07, 6.45) is 5.89. The van der Waals surface area contributed by atoms with Crippen molar-refractivity contribution >= 4 is 34.0 Å². The highest BCUT2D eigenvalue weighted by molar-refractivity contribution is 7.15. The monoisotopic (exact) mass is 553 g/mol. The second kappa shape index (κ2) is 10.8. The van der Waals surface area contributed by atoms with Crippen molar-refractivity contribution in [3.63, 3.8) is 0 Å². The fourth-order valence-electron chi connectivity index (χ4n) is 4.17. The van der Waals surface area contributed by atoms with Gasteiger partial charge in [0, 0.05) is 27.9 Å². The largest absolute Gasteiger partial charge is 0.494 e. The second-order valence-electron chi connectivity index (χ2n) is 8.99. The van der Waals surface area contributed by atoms with Gasteiger partial charge in [-0.25, -0.2) is 4.68 Å². The van der Waals surface area contributed by atoms with Crippen LogP contribution in [0.3, 0.4) is 0 Å². The first-order valence-corrected chi connectivity index (χ1v) is 13.8. The van der Waals surface area contributed by atoms with Crippen LogP contribution < -0.4 is 14.8 Å². The Balaban J connectivity index is 1.40. The minimum atomic E-state index is -0.221. The van der Waals surface area contributed by atoms with Crippen molar-refractivity contribution in [3.8, 4) is 34.1 Å². The van der Waals surface area contributed by atoms with E-state index in [0.717, 1.165) is 46.7 Å². The molecule has 6 aromatic rings. The smallest absolute Gasteiger partial charge is 0.291 e. The third kappa shape index (κ3) is 5.21. The van der Waals surface area contributed by atoms with E-state index in [4.69, 9.17) is 21.4 Å². The molecule has 0 N–H and O–H groups in total. The van der Waals surface area contributed by atoms with E-state index < -0.39 is 0 Å². The molecule has 0 bridgehead atoms. The molecule has 9 heteroatoms.